The number of rotatable bonds is 5. The van der Waals surface area contributed by atoms with Crippen molar-refractivity contribution >= 4 is 27.5 Å². The van der Waals surface area contributed by atoms with E-state index in [0.29, 0.717) is 34.9 Å². The number of hydrogen-bond acceptors (Lipinski definition) is 6. The van der Waals surface area contributed by atoms with E-state index in [1.807, 2.05) is 61.5 Å². The highest BCUT2D eigenvalue weighted by Gasteiger charge is 2.24. The molecule has 0 aliphatic carbocycles. The summed E-state index contributed by atoms with van der Waals surface area (Å²) in [6.07, 6.45) is 1.17. The van der Waals surface area contributed by atoms with Crippen molar-refractivity contribution in [3.05, 3.63) is 76.2 Å². The fourth-order valence-corrected chi connectivity index (χ4v) is 5.03. The molecule has 1 aliphatic rings. The van der Waals surface area contributed by atoms with Gasteiger partial charge >= 0.3 is 0 Å². The minimum Gasteiger partial charge on any atom is -0.486 e. The van der Waals surface area contributed by atoms with E-state index in [2.05, 4.69) is 4.98 Å². The van der Waals surface area contributed by atoms with Gasteiger partial charge in [-0.15, -0.1) is 11.3 Å². The number of thiophene rings is 1. The largest absolute Gasteiger partial charge is 0.486 e. The third-order valence-electron chi connectivity index (χ3n) is 5.69. The Bertz CT molecular complexity index is 1380. The van der Waals surface area contributed by atoms with Gasteiger partial charge in [0.1, 0.15) is 18.0 Å². The topological polar surface area (TPSA) is 73.7 Å². The van der Waals surface area contributed by atoms with Crippen molar-refractivity contribution in [2.45, 2.75) is 19.6 Å². The lowest BCUT2D eigenvalue weighted by Crippen LogP contribution is -2.43. The molecule has 0 fully saturated rings. The molecule has 0 radical (unpaired) electrons. The molecule has 0 saturated carbocycles. The Morgan fingerprint density at radius 3 is 2.67 bits per heavy atom. The summed E-state index contributed by atoms with van der Waals surface area (Å²) in [6.45, 7) is 2.61. The van der Waals surface area contributed by atoms with Crippen LogP contribution in [-0.4, -0.2) is 46.7 Å². The van der Waals surface area contributed by atoms with Gasteiger partial charge in [0.05, 0.1) is 18.3 Å². The zero-order valence-electron chi connectivity index (χ0n) is 18.4. The van der Waals surface area contributed by atoms with E-state index in [-0.39, 0.29) is 24.1 Å². The molecule has 168 valence electrons. The summed E-state index contributed by atoms with van der Waals surface area (Å²) in [5.41, 5.74) is 1.64. The minimum absolute atomic E-state index is 0.0917. The molecule has 1 amide bonds. The standard InChI is InChI=1S/C25H23N3O4S/c1-16-22(17-8-4-3-5-9-17)23-24(33-16)26-15-28(25(23)30)13-21(29)27(2)12-18-14-31-19-10-6-7-11-20(19)32-18/h3-11,15,18H,12-14H2,1-2H3/t18-/m1/s1. The molecule has 8 heteroatoms. The van der Waals surface area contributed by atoms with E-state index >= 15 is 0 Å². The summed E-state index contributed by atoms with van der Waals surface area (Å²) in [6, 6.07) is 17.3. The highest BCUT2D eigenvalue weighted by Crippen LogP contribution is 2.35. The van der Waals surface area contributed by atoms with Gasteiger partial charge in [0.25, 0.3) is 5.56 Å². The fourth-order valence-electron chi connectivity index (χ4n) is 4.03. The van der Waals surface area contributed by atoms with E-state index < -0.39 is 0 Å². The smallest absolute Gasteiger partial charge is 0.263 e. The number of para-hydroxylation sites is 2. The second kappa shape index (κ2) is 8.71. The molecule has 0 spiro atoms. The molecule has 0 unspecified atom stereocenters. The van der Waals surface area contributed by atoms with E-state index in [0.717, 1.165) is 16.0 Å². The van der Waals surface area contributed by atoms with Gasteiger partial charge < -0.3 is 14.4 Å². The summed E-state index contributed by atoms with van der Waals surface area (Å²) in [5, 5.41) is 0.558. The van der Waals surface area contributed by atoms with Crippen LogP contribution in [0.25, 0.3) is 21.3 Å². The molecule has 0 N–H and O–H groups in total. The first kappa shape index (κ1) is 21.2. The second-order valence-corrected chi connectivity index (χ2v) is 9.23. The Kier molecular flexibility index (Phi) is 5.60. The van der Waals surface area contributed by atoms with Crippen molar-refractivity contribution in [3.8, 4) is 22.6 Å². The molecule has 5 rings (SSSR count). The summed E-state index contributed by atoms with van der Waals surface area (Å²) < 4.78 is 13.1. The van der Waals surface area contributed by atoms with Gasteiger partial charge in [-0.25, -0.2) is 4.98 Å². The van der Waals surface area contributed by atoms with Crippen LogP contribution in [0.3, 0.4) is 0 Å². The quantitative estimate of drug-likeness (QED) is 0.453. The van der Waals surface area contributed by atoms with Gasteiger partial charge in [0.2, 0.25) is 5.91 Å². The maximum absolute atomic E-state index is 13.3. The zero-order chi connectivity index (χ0) is 22.9. The van der Waals surface area contributed by atoms with E-state index in [1.54, 1.807) is 11.9 Å². The molecular weight excluding hydrogens is 438 g/mol. The number of nitrogens with zero attached hydrogens (tertiary/aromatic N) is 3. The van der Waals surface area contributed by atoms with Crippen molar-refractivity contribution in [1.29, 1.82) is 0 Å². The van der Waals surface area contributed by atoms with Crippen LogP contribution in [0.1, 0.15) is 4.88 Å². The monoisotopic (exact) mass is 461 g/mol. The first-order chi connectivity index (χ1) is 16.0. The molecule has 2 aromatic heterocycles. The molecule has 1 atom stereocenters. The van der Waals surface area contributed by atoms with Crippen LogP contribution in [-0.2, 0) is 11.3 Å². The molecule has 3 heterocycles. The minimum atomic E-state index is -0.282. The van der Waals surface area contributed by atoms with Gasteiger partial charge in [-0.05, 0) is 24.6 Å². The predicted octanol–water partition coefficient (Wildman–Crippen LogP) is 3.73. The number of carbonyl (C=O) groups excluding carboxylic acids is 1. The maximum Gasteiger partial charge on any atom is 0.263 e. The molecule has 1 aliphatic heterocycles. The summed E-state index contributed by atoms with van der Waals surface area (Å²) in [5.74, 6) is 1.17. The average molecular weight is 462 g/mol. The number of likely N-dealkylation sites (N-methyl/N-ethyl adjacent to an activating group) is 1. The molecule has 33 heavy (non-hydrogen) atoms. The molecule has 0 bridgehead atoms. The molecule has 2 aromatic carbocycles. The molecule has 0 saturated heterocycles. The number of amides is 1. The SMILES string of the molecule is Cc1sc2ncn(CC(=O)N(C)C[C@@H]3COc4ccccc4O3)c(=O)c2c1-c1ccccc1. The van der Waals surface area contributed by atoms with Crippen LogP contribution in [0.5, 0.6) is 11.5 Å². The number of carbonyl (C=O) groups is 1. The Morgan fingerprint density at radius 2 is 1.88 bits per heavy atom. The Morgan fingerprint density at radius 1 is 1.15 bits per heavy atom. The molecular formula is C25H23N3O4S. The van der Waals surface area contributed by atoms with Crippen LogP contribution in [0.4, 0.5) is 0 Å². The number of aryl methyl sites for hydroxylation is 1. The van der Waals surface area contributed by atoms with Crippen molar-refractivity contribution in [1.82, 2.24) is 14.5 Å². The van der Waals surface area contributed by atoms with Gasteiger partial charge in [-0.1, -0.05) is 42.5 Å². The summed E-state index contributed by atoms with van der Waals surface area (Å²) in [4.78, 5) is 34.0. The first-order valence-corrected chi connectivity index (χ1v) is 11.5. The van der Waals surface area contributed by atoms with E-state index in [1.165, 1.54) is 22.2 Å². The predicted molar refractivity (Wildman–Crippen MR) is 128 cm³/mol. The second-order valence-electron chi connectivity index (χ2n) is 8.03. The number of hydrogen-bond donors (Lipinski definition) is 0. The highest BCUT2D eigenvalue weighted by atomic mass is 32.1. The Hall–Kier alpha value is -3.65. The Labute approximate surface area is 194 Å². The maximum atomic E-state index is 13.3. The van der Waals surface area contributed by atoms with Crippen LogP contribution < -0.4 is 15.0 Å². The molecule has 7 nitrogen and oxygen atoms in total. The van der Waals surface area contributed by atoms with Gasteiger partial charge in [-0.2, -0.15) is 0 Å². The van der Waals surface area contributed by atoms with Crippen LogP contribution in [0.15, 0.2) is 65.7 Å². The molecule has 4 aromatic rings. The summed E-state index contributed by atoms with van der Waals surface area (Å²) >= 11 is 1.49. The third kappa shape index (κ3) is 4.09. The van der Waals surface area contributed by atoms with Gasteiger partial charge in [0.15, 0.2) is 17.6 Å². The lowest BCUT2D eigenvalue weighted by molar-refractivity contribution is -0.132. The lowest BCUT2D eigenvalue weighted by atomic mass is 10.0. The lowest BCUT2D eigenvalue weighted by Gasteiger charge is -2.29. The highest BCUT2D eigenvalue weighted by molar-refractivity contribution is 7.19. The normalized spacial score (nSPS) is 14.9. The average Bonchev–Trinajstić information content (AvgIpc) is 3.18. The van der Waals surface area contributed by atoms with Gasteiger partial charge in [0, 0.05) is 17.5 Å². The van der Waals surface area contributed by atoms with Crippen LogP contribution in [0, 0.1) is 6.92 Å². The van der Waals surface area contributed by atoms with Crippen molar-refractivity contribution in [2.75, 3.05) is 20.2 Å². The Balaban J connectivity index is 1.35. The van der Waals surface area contributed by atoms with E-state index in [4.69, 9.17) is 9.47 Å². The van der Waals surface area contributed by atoms with E-state index in [9.17, 15) is 9.59 Å². The zero-order valence-corrected chi connectivity index (χ0v) is 19.2. The number of ether oxygens (including phenoxy) is 2. The fraction of sp³-hybridized carbons (Fsp3) is 0.240. The van der Waals surface area contributed by atoms with Crippen molar-refractivity contribution < 1.29 is 14.3 Å². The summed E-state index contributed by atoms with van der Waals surface area (Å²) in [7, 11) is 1.70. The number of aromatic nitrogens is 2. The third-order valence-corrected chi connectivity index (χ3v) is 6.71. The first-order valence-electron chi connectivity index (χ1n) is 10.7. The van der Waals surface area contributed by atoms with Crippen LogP contribution in [0.2, 0.25) is 0 Å². The van der Waals surface area contributed by atoms with Crippen molar-refractivity contribution in [2.24, 2.45) is 0 Å². The number of fused-ring (bicyclic) bond motifs is 2. The van der Waals surface area contributed by atoms with Gasteiger partial charge in [-0.3, -0.25) is 14.2 Å². The number of benzene rings is 2. The van der Waals surface area contributed by atoms with Crippen LogP contribution >= 0.6 is 11.3 Å². The van der Waals surface area contributed by atoms with Crippen molar-refractivity contribution in [3.63, 3.8) is 0 Å².